The minimum Gasteiger partial charge on any atom is -0.488 e. The van der Waals surface area contributed by atoms with Gasteiger partial charge in [0, 0.05) is 21.3 Å². The van der Waals surface area contributed by atoms with Crippen molar-refractivity contribution in [2.75, 3.05) is 5.32 Å². The van der Waals surface area contributed by atoms with Crippen molar-refractivity contribution in [3.05, 3.63) is 99.0 Å². The average molecular weight is 437 g/mol. The zero-order chi connectivity index (χ0) is 21.5. The van der Waals surface area contributed by atoms with Crippen LogP contribution in [0.2, 0.25) is 10.0 Å². The third-order valence-corrected chi connectivity index (χ3v) is 4.71. The van der Waals surface area contributed by atoms with Crippen molar-refractivity contribution in [2.24, 2.45) is 0 Å². The van der Waals surface area contributed by atoms with E-state index in [9.17, 15) is 10.1 Å². The minimum absolute atomic E-state index is 0.0601. The zero-order valence-corrected chi connectivity index (χ0v) is 17.7. The van der Waals surface area contributed by atoms with E-state index in [1.165, 1.54) is 6.08 Å². The average Bonchev–Trinajstić information content (AvgIpc) is 2.72. The van der Waals surface area contributed by atoms with Crippen LogP contribution < -0.4 is 10.1 Å². The second-order valence-electron chi connectivity index (χ2n) is 6.59. The van der Waals surface area contributed by atoms with Gasteiger partial charge >= 0.3 is 0 Å². The Kier molecular flexibility index (Phi) is 7.13. The first-order valence-corrected chi connectivity index (χ1v) is 9.87. The molecular formula is C24H18Cl2N2O2. The molecule has 0 radical (unpaired) electrons. The number of benzene rings is 3. The summed E-state index contributed by atoms with van der Waals surface area (Å²) in [4.78, 5) is 12.6. The predicted octanol–water partition coefficient (Wildman–Crippen LogP) is 6.43. The summed E-state index contributed by atoms with van der Waals surface area (Å²) in [7, 11) is 0. The number of rotatable bonds is 6. The molecule has 0 bridgehead atoms. The molecule has 1 amide bonds. The lowest BCUT2D eigenvalue weighted by Gasteiger charge is -2.11. The number of hydrogen-bond donors (Lipinski definition) is 1. The number of hydrogen-bond acceptors (Lipinski definition) is 3. The van der Waals surface area contributed by atoms with Crippen LogP contribution in [0.15, 0.2) is 72.3 Å². The van der Waals surface area contributed by atoms with E-state index in [1.54, 1.807) is 36.4 Å². The van der Waals surface area contributed by atoms with Crippen molar-refractivity contribution in [1.29, 1.82) is 5.26 Å². The van der Waals surface area contributed by atoms with Crippen LogP contribution in [0, 0.1) is 18.3 Å². The van der Waals surface area contributed by atoms with E-state index < -0.39 is 5.91 Å². The number of nitrogens with one attached hydrogen (secondary N) is 1. The molecule has 0 aliphatic rings. The van der Waals surface area contributed by atoms with Crippen molar-refractivity contribution in [3.8, 4) is 11.8 Å². The number of amides is 1. The standard InChI is InChI=1S/C24H18Cl2N2O2/c1-16-3-2-4-22(11-16)28-24(29)19(14-27)12-18-13-21(26)9-10-23(18)30-15-17-5-7-20(25)8-6-17/h2-13H,15H2,1H3,(H,28,29)/b19-12+. The molecule has 0 aliphatic heterocycles. The first-order valence-electron chi connectivity index (χ1n) is 9.11. The Hall–Kier alpha value is -3.26. The quantitative estimate of drug-likeness (QED) is 0.357. The van der Waals surface area contributed by atoms with Gasteiger partial charge in [-0.15, -0.1) is 0 Å². The Morgan fingerprint density at radius 2 is 1.80 bits per heavy atom. The van der Waals surface area contributed by atoms with Crippen LogP contribution >= 0.6 is 23.2 Å². The first-order chi connectivity index (χ1) is 14.4. The Morgan fingerprint density at radius 1 is 1.07 bits per heavy atom. The highest BCUT2D eigenvalue weighted by Crippen LogP contribution is 2.27. The van der Waals surface area contributed by atoms with Gasteiger partial charge in [0.25, 0.3) is 5.91 Å². The van der Waals surface area contributed by atoms with Gasteiger partial charge in [-0.2, -0.15) is 5.26 Å². The van der Waals surface area contributed by atoms with Gasteiger partial charge in [0.2, 0.25) is 0 Å². The smallest absolute Gasteiger partial charge is 0.266 e. The molecule has 1 N–H and O–H groups in total. The van der Waals surface area contributed by atoms with E-state index in [1.807, 2.05) is 43.3 Å². The van der Waals surface area contributed by atoms with Gasteiger partial charge < -0.3 is 10.1 Å². The highest BCUT2D eigenvalue weighted by atomic mass is 35.5. The third kappa shape index (κ3) is 5.87. The van der Waals surface area contributed by atoms with Crippen molar-refractivity contribution >= 4 is 40.9 Å². The van der Waals surface area contributed by atoms with E-state index >= 15 is 0 Å². The SMILES string of the molecule is Cc1cccc(NC(=O)/C(C#N)=C/c2cc(Cl)ccc2OCc2ccc(Cl)cc2)c1. The summed E-state index contributed by atoms with van der Waals surface area (Å²) in [5.74, 6) is -0.00261. The second kappa shape index (κ2) is 9.98. The van der Waals surface area contributed by atoms with Crippen molar-refractivity contribution in [1.82, 2.24) is 0 Å². The highest BCUT2D eigenvalue weighted by molar-refractivity contribution is 6.31. The van der Waals surface area contributed by atoms with Gasteiger partial charge in [-0.1, -0.05) is 47.5 Å². The lowest BCUT2D eigenvalue weighted by molar-refractivity contribution is -0.112. The molecule has 0 heterocycles. The Morgan fingerprint density at radius 3 is 2.50 bits per heavy atom. The second-order valence-corrected chi connectivity index (χ2v) is 7.46. The monoisotopic (exact) mass is 436 g/mol. The first kappa shape index (κ1) is 21.4. The van der Waals surface area contributed by atoms with E-state index in [0.29, 0.717) is 33.7 Å². The van der Waals surface area contributed by atoms with Crippen molar-refractivity contribution in [3.63, 3.8) is 0 Å². The molecule has 0 aliphatic carbocycles. The normalized spacial score (nSPS) is 10.9. The molecule has 0 atom stereocenters. The molecule has 0 unspecified atom stereocenters. The molecule has 0 aromatic heterocycles. The van der Waals surface area contributed by atoms with Gasteiger partial charge in [-0.25, -0.2) is 0 Å². The van der Waals surface area contributed by atoms with Crippen molar-refractivity contribution < 1.29 is 9.53 Å². The maximum atomic E-state index is 12.6. The number of nitriles is 1. The predicted molar refractivity (Wildman–Crippen MR) is 121 cm³/mol. The summed E-state index contributed by atoms with van der Waals surface area (Å²) < 4.78 is 5.89. The molecule has 0 fully saturated rings. The number of halogens is 2. The molecule has 30 heavy (non-hydrogen) atoms. The highest BCUT2D eigenvalue weighted by Gasteiger charge is 2.12. The Labute approximate surface area is 185 Å². The number of ether oxygens (including phenoxy) is 1. The van der Waals surface area contributed by atoms with Gasteiger partial charge in [-0.3, -0.25) is 4.79 Å². The van der Waals surface area contributed by atoms with Crippen LogP contribution in [0.1, 0.15) is 16.7 Å². The number of carbonyl (C=O) groups excluding carboxylic acids is 1. The fourth-order valence-corrected chi connectivity index (χ4v) is 3.04. The van der Waals surface area contributed by atoms with Crippen LogP contribution in [0.4, 0.5) is 5.69 Å². The third-order valence-electron chi connectivity index (χ3n) is 4.22. The maximum Gasteiger partial charge on any atom is 0.266 e. The molecule has 3 rings (SSSR count). The van der Waals surface area contributed by atoms with Crippen LogP contribution in [0.3, 0.4) is 0 Å². The van der Waals surface area contributed by atoms with Gasteiger partial charge in [-0.05, 0) is 66.6 Å². The molecule has 4 nitrogen and oxygen atoms in total. The topological polar surface area (TPSA) is 62.1 Å². The van der Waals surface area contributed by atoms with Gasteiger partial charge in [0.15, 0.2) is 0 Å². The molecule has 3 aromatic carbocycles. The van der Waals surface area contributed by atoms with Gasteiger partial charge in [0.05, 0.1) is 0 Å². The molecule has 6 heteroatoms. The van der Waals surface area contributed by atoms with Crippen LogP contribution in [-0.2, 0) is 11.4 Å². The minimum atomic E-state index is -0.508. The number of nitrogens with zero attached hydrogens (tertiary/aromatic N) is 1. The lowest BCUT2D eigenvalue weighted by atomic mass is 10.1. The molecule has 0 spiro atoms. The summed E-state index contributed by atoms with van der Waals surface area (Å²) in [6.45, 7) is 2.23. The fraction of sp³-hybridized carbons (Fsp3) is 0.0833. The Balaban J connectivity index is 1.82. The molecular weight excluding hydrogens is 419 g/mol. The number of anilines is 1. The van der Waals surface area contributed by atoms with E-state index in [2.05, 4.69) is 5.32 Å². The maximum absolute atomic E-state index is 12.6. The fourth-order valence-electron chi connectivity index (χ4n) is 2.73. The summed E-state index contributed by atoms with van der Waals surface area (Å²) in [5, 5.41) is 13.4. The Bertz CT molecular complexity index is 1130. The number of aryl methyl sites for hydroxylation is 1. The van der Waals surface area contributed by atoms with Crippen LogP contribution in [0.25, 0.3) is 6.08 Å². The van der Waals surface area contributed by atoms with Crippen LogP contribution in [-0.4, -0.2) is 5.91 Å². The summed E-state index contributed by atoms with van der Waals surface area (Å²) in [5.41, 5.74) is 3.03. The van der Waals surface area contributed by atoms with E-state index in [-0.39, 0.29) is 5.57 Å². The number of carbonyl (C=O) groups is 1. The van der Waals surface area contributed by atoms with Crippen molar-refractivity contribution in [2.45, 2.75) is 13.5 Å². The molecule has 3 aromatic rings. The van der Waals surface area contributed by atoms with E-state index in [4.69, 9.17) is 27.9 Å². The molecule has 0 saturated carbocycles. The van der Waals surface area contributed by atoms with Crippen LogP contribution in [0.5, 0.6) is 5.75 Å². The summed E-state index contributed by atoms with van der Waals surface area (Å²) >= 11 is 12.0. The summed E-state index contributed by atoms with van der Waals surface area (Å²) in [6.07, 6.45) is 1.47. The van der Waals surface area contributed by atoms with E-state index in [0.717, 1.165) is 11.1 Å². The van der Waals surface area contributed by atoms with Gasteiger partial charge in [0.1, 0.15) is 24.0 Å². The summed E-state index contributed by atoms with van der Waals surface area (Å²) in [6, 6.07) is 21.6. The lowest BCUT2D eigenvalue weighted by Crippen LogP contribution is -2.13. The largest absolute Gasteiger partial charge is 0.488 e. The molecule has 0 saturated heterocycles. The zero-order valence-electron chi connectivity index (χ0n) is 16.2. The molecule has 150 valence electrons.